The summed E-state index contributed by atoms with van der Waals surface area (Å²) in [6, 6.07) is 16.9. The largest absolute Gasteiger partial charge is 0.484 e. The van der Waals surface area contributed by atoms with Crippen LogP contribution in [-0.4, -0.2) is 36.5 Å². The molecule has 35 heavy (non-hydrogen) atoms. The fourth-order valence-electron chi connectivity index (χ4n) is 3.92. The first kappa shape index (κ1) is 22.2. The van der Waals surface area contributed by atoms with Crippen LogP contribution in [0.25, 0.3) is 11.0 Å². The van der Waals surface area contributed by atoms with Gasteiger partial charge in [0.05, 0.1) is 30.1 Å². The predicted molar refractivity (Wildman–Crippen MR) is 130 cm³/mol. The fraction of sp³-hybridized carbons (Fsp3) is 0.148. The van der Waals surface area contributed by atoms with Crippen molar-refractivity contribution >= 4 is 22.6 Å². The van der Waals surface area contributed by atoms with Crippen LogP contribution in [0.15, 0.2) is 79.4 Å². The molecule has 0 aliphatic rings. The van der Waals surface area contributed by atoms with Gasteiger partial charge in [0.2, 0.25) is 0 Å². The standard InChI is InChI=1S/C27H23N5O3/c1-17(18-6-3-2-4-7-18)35-20-12-19(15-28-16-20)23(33)13-26-31-22-9-5-8-21(27(22)32-26)24(34)14-25-29-10-11-30-25/h2-12,15-17H,13-14H2,1H3,(H,29,30)(H,31,32)/t17-/m1/s1. The van der Waals surface area contributed by atoms with Crippen LogP contribution >= 0.6 is 0 Å². The molecule has 0 saturated heterocycles. The average Bonchev–Trinajstić information content (AvgIpc) is 3.54. The van der Waals surface area contributed by atoms with Gasteiger partial charge in [0.1, 0.15) is 23.5 Å². The van der Waals surface area contributed by atoms with Crippen LogP contribution < -0.4 is 4.74 Å². The number of carbonyl (C=O) groups is 2. The van der Waals surface area contributed by atoms with Crippen molar-refractivity contribution in [2.24, 2.45) is 0 Å². The van der Waals surface area contributed by atoms with E-state index in [0.29, 0.717) is 39.6 Å². The third-order valence-corrected chi connectivity index (χ3v) is 5.69. The number of para-hydroxylation sites is 1. The molecule has 0 fully saturated rings. The number of H-pyrrole nitrogens is 2. The number of benzene rings is 2. The number of hydrogen-bond acceptors (Lipinski definition) is 6. The van der Waals surface area contributed by atoms with Gasteiger partial charge in [-0.05, 0) is 30.7 Å². The first-order valence-electron chi connectivity index (χ1n) is 11.3. The van der Waals surface area contributed by atoms with Gasteiger partial charge in [-0.1, -0.05) is 36.4 Å². The molecule has 0 unspecified atom stereocenters. The number of aromatic nitrogens is 5. The number of nitrogens with one attached hydrogen (secondary N) is 2. The van der Waals surface area contributed by atoms with Gasteiger partial charge in [-0.15, -0.1) is 0 Å². The van der Waals surface area contributed by atoms with E-state index in [2.05, 4.69) is 24.9 Å². The molecule has 2 N–H and O–H groups in total. The maximum Gasteiger partial charge on any atom is 0.172 e. The number of rotatable bonds is 9. The van der Waals surface area contributed by atoms with Crippen LogP contribution in [0, 0.1) is 0 Å². The number of Topliss-reactive ketones (excluding diaryl/α,β-unsaturated/α-hetero) is 2. The van der Waals surface area contributed by atoms with Gasteiger partial charge in [0.25, 0.3) is 0 Å². The Morgan fingerprint density at radius 3 is 2.60 bits per heavy atom. The van der Waals surface area contributed by atoms with Crippen molar-refractivity contribution < 1.29 is 14.3 Å². The Balaban J connectivity index is 1.32. The van der Waals surface area contributed by atoms with E-state index in [1.165, 1.54) is 6.20 Å². The Morgan fingerprint density at radius 2 is 1.80 bits per heavy atom. The summed E-state index contributed by atoms with van der Waals surface area (Å²) in [6.45, 7) is 1.95. The van der Waals surface area contributed by atoms with Crippen LogP contribution in [0.5, 0.6) is 5.75 Å². The minimum absolute atomic E-state index is 0.0415. The summed E-state index contributed by atoms with van der Waals surface area (Å²) in [5, 5.41) is 0. The molecule has 1 atom stereocenters. The third-order valence-electron chi connectivity index (χ3n) is 5.69. The van der Waals surface area contributed by atoms with Gasteiger partial charge in [-0.25, -0.2) is 9.97 Å². The van der Waals surface area contributed by atoms with E-state index in [4.69, 9.17) is 4.74 Å². The summed E-state index contributed by atoms with van der Waals surface area (Å²) in [7, 11) is 0. The maximum absolute atomic E-state index is 13.0. The quantitative estimate of drug-likeness (QED) is 0.306. The summed E-state index contributed by atoms with van der Waals surface area (Å²) < 4.78 is 5.99. The Morgan fingerprint density at radius 1 is 0.971 bits per heavy atom. The molecule has 3 heterocycles. The number of fused-ring (bicyclic) bond motifs is 1. The van der Waals surface area contributed by atoms with Crippen molar-refractivity contribution in [3.05, 3.63) is 108 Å². The Kier molecular flexibility index (Phi) is 6.17. The predicted octanol–water partition coefficient (Wildman–Crippen LogP) is 4.67. The number of ether oxygens (including phenoxy) is 1. The Bertz CT molecular complexity index is 1480. The van der Waals surface area contributed by atoms with Crippen LogP contribution in [0.1, 0.15) is 51.0 Å². The second-order valence-corrected chi connectivity index (χ2v) is 8.20. The zero-order chi connectivity index (χ0) is 24.2. The minimum atomic E-state index is -0.184. The number of hydrogen-bond donors (Lipinski definition) is 2. The first-order chi connectivity index (χ1) is 17.1. The van der Waals surface area contributed by atoms with E-state index in [1.54, 1.807) is 36.8 Å². The van der Waals surface area contributed by atoms with Gasteiger partial charge in [-0.2, -0.15) is 0 Å². The van der Waals surface area contributed by atoms with E-state index in [0.717, 1.165) is 5.56 Å². The molecule has 2 aromatic carbocycles. The lowest BCUT2D eigenvalue weighted by Crippen LogP contribution is -2.08. The van der Waals surface area contributed by atoms with E-state index in [-0.39, 0.29) is 30.5 Å². The summed E-state index contributed by atoms with van der Waals surface area (Å²) in [5.74, 6) is 1.33. The normalized spacial score (nSPS) is 11.9. The molecule has 5 aromatic rings. The highest BCUT2D eigenvalue weighted by Crippen LogP contribution is 2.23. The van der Waals surface area contributed by atoms with Crippen LogP contribution in [0.3, 0.4) is 0 Å². The van der Waals surface area contributed by atoms with Crippen LogP contribution in [-0.2, 0) is 12.8 Å². The van der Waals surface area contributed by atoms with Crippen LogP contribution in [0.4, 0.5) is 0 Å². The molecule has 8 heteroatoms. The lowest BCUT2D eigenvalue weighted by atomic mass is 10.1. The second-order valence-electron chi connectivity index (χ2n) is 8.20. The summed E-state index contributed by atoms with van der Waals surface area (Å²) in [5.41, 5.74) is 3.19. The summed E-state index contributed by atoms with van der Waals surface area (Å²) in [6.07, 6.45) is 6.40. The SMILES string of the molecule is C[C@@H](Oc1cncc(C(=O)Cc2nc3c(C(=O)Cc4ncc[nH]4)cccc3[nH]2)c1)c1ccccc1. The maximum atomic E-state index is 13.0. The molecule has 0 aliphatic heterocycles. The number of pyridine rings is 1. The Labute approximate surface area is 201 Å². The molecule has 3 aromatic heterocycles. The minimum Gasteiger partial charge on any atom is -0.484 e. The van der Waals surface area contributed by atoms with Crippen molar-refractivity contribution in [1.82, 2.24) is 24.9 Å². The topological polar surface area (TPSA) is 114 Å². The monoisotopic (exact) mass is 465 g/mol. The van der Waals surface area contributed by atoms with Crippen LogP contribution in [0.2, 0.25) is 0 Å². The highest BCUT2D eigenvalue weighted by molar-refractivity contribution is 6.07. The summed E-state index contributed by atoms with van der Waals surface area (Å²) >= 11 is 0. The van der Waals surface area contributed by atoms with E-state index in [9.17, 15) is 9.59 Å². The Hall–Kier alpha value is -4.59. The molecule has 0 spiro atoms. The highest BCUT2D eigenvalue weighted by atomic mass is 16.5. The first-order valence-corrected chi connectivity index (χ1v) is 11.3. The number of ketones is 2. The molecule has 174 valence electrons. The smallest absolute Gasteiger partial charge is 0.172 e. The van der Waals surface area contributed by atoms with Gasteiger partial charge in [0.15, 0.2) is 11.6 Å². The van der Waals surface area contributed by atoms with Crippen molar-refractivity contribution in [2.75, 3.05) is 0 Å². The number of nitrogens with zero attached hydrogens (tertiary/aromatic N) is 3. The number of aromatic amines is 2. The van der Waals surface area contributed by atoms with E-state index in [1.807, 2.05) is 43.3 Å². The lowest BCUT2D eigenvalue weighted by Gasteiger charge is -2.15. The fourth-order valence-corrected chi connectivity index (χ4v) is 3.92. The van der Waals surface area contributed by atoms with Crippen molar-refractivity contribution in [1.29, 1.82) is 0 Å². The average molecular weight is 466 g/mol. The zero-order valence-electron chi connectivity index (χ0n) is 19.1. The van der Waals surface area contributed by atoms with Gasteiger partial charge < -0.3 is 14.7 Å². The zero-order valence-corrected chi connectivity index (χ0v) is 19.1. The van der Waals surface area contributed by atoms with Crippen molar-refractivity contribution in [2.45, 2.75) is 25.9 Å². The number of carbonyl (C=O) groups excluding carboxylic acids is 2. The van der Waals surface area contributed by atoms with Gasteiger partial charge >= 0.3 is 0 Å². The molecule has 0 radical (unpaired) electrons. The van der Waals surface area contributed by atoms with Crippen molar-refractivity contribution in [3.8, 4) is 5.75 Å². The molecule has 8 nitrogen and oxygen atoms in total. The second kappa shape index (κ2) is 9.72. The molecule has 0 saturated carbocycles. The summed E-state index contributed by atoms with van der Waals surface area (Å²) in [4.78, 5) is 44.8. The molecular formula is C27H23N5O3. The van der Waals surface area contributed by atoms with E-state index >= 15 is 0 Å². The van der Waals surface area contributed by atoms with Gasteiger partial charge in [-0.3, -0.25) is 14.6 Å². The van der Waals surface area contributed by atoms with E-state index < -0.39 is 0 Å². The lowest BCUT2D eigenvalue weighted by molar-refractivity contribution is 0.0983. The molecule has 0 amide bonds. The third kappa shape index (κ3) is 5.01. The highest BCUT2D eigenvalue weighted by Gasteiger charge is 2.18. The molecule has 5 rings (SSSR count). The molecule has 0 bridgehead atoms. The van der Waals surface area contributed by atoms with Gasteiger partial charge in [0, 0.05) is 29.7 Å². The number of imidazole rings is 2. The van der Waals surface area contributed by atoms with Crippen molar-refractivity contribution in [3.63, 3.8) is 0 Å². The molecule has 0 aliphatic carbocycles. The molecular weight excluding hydrogens is 442 g/mol.